The van der Waals surface area contributed by atoms with Crippen LogP contribution in [0.3, 0.4) is 0 Å². The Balaban J connectivity index is 1.62. The lowest BCUT2D eigenvalue weighted by Gasteiger charge is -2.11. The number of benzene rings is 1. The van der Waals surface area contributed by atoms with Crippen LogP contribution in [0.1, 0.15) is 28.5 Å². The SMILES string of the molecule is CCNc1ccc(C(=O)NC2Cc3ccccc3C2)nn1. The minimum atomic E-state index is -0.164. The normalized spacial score (nSPS) is 13.8. The van der Waals surface area contributed by atoms with Crippen LogP contribution in [-0.4, -0.2) is 28.7 Å². The second-order valence-corrected chi connectivity index (χ2v) is 5.18. The number of nitrogens with zero attached hydrogens (tertiary/aromatic N) is 2. The Hall–Kier alpha value is -2.43. The minimum Gasteiger partial charge on any atom is -0.369 e. The molecule has 1 heterocycles. The van der Waals surface area contributed by atoms with Gasteiger partial charge in [0.15, 0.2) is 5.69 Å². The Bertz CT molecular complexity index is 614. The quantitative estimate of drug-likeness (QED) is 0.897. The number of fused-ring (bicyclic) bond motifs is 1. The molecular formula is C16H18N4O. The van der Waals surface area contributed by atoms with Crippen molar-refractivity contribution in [3.63, 3.8) is 0 Å². The Morgan fingerprint density at radius 3 is 2.43 bits per heavy atom. The third-order valence-electron chi connectivity index (χ3n) is 3.64. The number of anilines is 1. The molecule has 108 valence electrons. The predicted octanol–water partition coefficient (Wildman–Crippen LogP) is 1.81. The summed E-state index contributed by atoms with van der Waals surface area (Å²) in [6.45, 7) is 2.76. The van der Waals surface area contributed by atoms with E-state index in [0.29, 0.717) is 11.5 Å². The van der Waals surface area contributed by atoms with Gasteiger partial charge < -0.3 is 10.6 Å². The van der Waals surface area contributed by atoms with Crippen molar-refractivity contribution in [3.05, 3.63) is 53.2 Å². The first-order valence-electron chi connectivity index (χ1n) is 7.21. The molecule has 1 aliphatic rings. The van der Waals surface area contributed by atoms with E-state index in [9.17, 15) is 4.79 Å². The van der Waals surface area contributed by atoms with Crippen molar-refractivity contribution in [2.45, 2.75) is 25.8 Å². The third-order valence-corrected chi connectivity index (χ3v) is 3.64. The van der Waals surface area contributed by atoms with Gasteiger partial charge in [-0.25, -0.2) is 0 Å². The summed E-state index contributed by atoms with van der Waals surface area (Å²) in [4.78, 5) is 12.2. The maximum Gasteiger partial charge on any atom is 0.272 e. The van der Waals surface area contributed by atoms with Gasteiger partial charge in [-0.3, -0.25) is 4.79 Å². The predicted molar refractivity (Wildman–Crippen MR) is 81.3 cm³/mol. The molecular weight excluding hydrogens is 264 g/mol. The van der Waals surface area contributed by atoms with E-state index in [0.717, 1.165) is 19.4 Å². The lowest BCUT2D eigenvalue weighted by atomic mass is 10.1. The highest BCUT2D eigenvalue weighted by molar-refractivity contribution is 5.92. The highest BCUT2D eigenvalue weighted by Gasteiger charge is 2.23. The molecule has 0 bridgehead atoms. The largest absolute Gasteiger partial charge is 0.369 e. The molecule has 1 amide bonds. The number of amides is 1. The molecule has 21 heavy (non-hydrogen) atoms. The molecule has 2 N–H and O–H groups in total. The van der Waals surface area contributed by atoms with Crippen LogP contribution in [0.4, 0.5) is 5.82 Å². The van der Waals surface area contributed by atoms with Crippen molar-refractivity contribution in [2.24, 2.45) is 0 Å². The fraction of sp³-hybridized carbons (Fsp3) is 0.312. The van der Waals surface area contributed by atoms with Gasteiger partial charge >= 0.3 is 0 Å². The summed E-state index contributed by atoms with van der Waals surface area (Å²) in [7, 11) is 0. The molecule has 1 aliphatic carbocycles. The summed E-state index contributed by atoms with van der Waals surface area (Å²) >= 11 is 0. The monoisotopic (exact) mass is 282 g/mol. The van der Waals surface area contributed by atoms with Crippen LogP contribution in [0.2, 0.25) is 0 Å². The molecule has 2 aromatic rings. The van der Waals surface area contributed by atoms with Gasteiger partial charge in [-0.2, -0.15) is 0 Å². The molecule has 3 rings (SSSR count). The van der Waals surface area contributed by atoms with E-state index in [4.69, 9.17) is 0 Å². The fourth-order valence-electron chi connectivity index (χ4n) is 2.65. The molecule has 0 fully saturated rings. The smallest absolute Gasteiger partial charge is 0.272 e. The van der Waals surface area contributed by atoms with Gasteiger partial charge in [-0.05, 0) is 43.0 Å². The molecule has 0 saturated carbocycles. The number of hydrogen-bond acceptors (Lipinski definition) is 4. The average Bonchev–Trinajstić information content (AvgIpc) is 2.90. The van der Waals surface area contributed by atoms with Crippen LogP contribution in [0, 0.1) is 0 Å². The van der Waals surface area contributed by atoms with Crippen LogP contribution in [0.5, 0.6) is 0 Å². The molecule has 0 spiro atoms. The van der Waals surface area contributed by atoms with E-state index in [2.05, 4.69) is 33.0 Å². The summed E-state index contributed by atoms with van der Waals surface area (Å²) in [5.74, 6) is 0.519. The zero-order valence-corrected chi connectivity index (χ0v) is 12.0. The van der Waals surface area contributed by atoms with Crippen LogP contribution >= 0.6 is 0 Å². The van der Waals surface area contributed by atoms with Crippen molar-refractivity contribution in [1.29, 1.82) is 0 Å². The first-order valence-corrected chi connectivity index (χ1v) is 7.21. The number of carbonyl (C=O) groups is 1. The van der Waals surface area contributed by atoms with E-state index >= 15 is 0 Å². The Labute approximate surface area is 123 Å². The van der Waals surface area contributed by atoms with Gasteiger partial charge in [-0.1, -0.05) is 24.3 Å². The third kappa shape index (κ3) is 3.02. The van der Waals surface area contributed by atoms with Crippen LogP contribution in [0.25, 0.3) is 0 Å². The first kappa shape index (κ1) is 13.5. The lowest BCUT2D eigenvalue weighted by molar-refractivity contribution is 0.0932. The van der Waals surface area contributed by atoms with Gasteiger partial charge in [-0.15, -0.1) is 10.2 Å². The highest BCUT2D eigenvalue weighted by Crippen LogP contribution is 2.21. The molecule has 0 unspecified atom stereocenters. The zero-order chi connectivity index (χ0) is 14.7. The zero-order valence-electron chi connectivity index (χ0n) is 12.0. The van der Waals surface area contributed by atoms with E-state index in [-0.39, 0.29) is 11.9 Å². The number of rotatable bonds is 4. The molecule has 0 aliphatic heterocycles. The molecule has 0 radical (unpaired) electrons. The van der Waals surface area contributed by atoms with Crippen molar-refractivity contribution in [1.82, 2.24) is 15.5 Å². The van der Waals surface area contributed by atoms with Crippen molar-refractivity contribution in [2.75, 3.05) is 11.9 Å². The fourth-order valence-corrected chi connectivity index (χ4v) is 2.65. The van der Waals surface area contributed by atoms with Crippen LogP contribution < -0.4 is 10.6 Å². The second kappa shape index (κ2) is 5.91. The molecule has 0 atom stereocenters. The molecule has 0 saturated heterocycles. The summed E-state index contributed by atoms with van der Waals surface area (Å²) in [5.41, 5.74) is 2.99. The highest BCUT2D eigenvalue weighted by atomic mass is 16.2. The number of aromatic nitrogens is 2. The van der Waals surface area contributed by atoms with Crippen molar-refractivity contribution >= 4 is 11.7 Å². The van der Waals surface area contributed by atoms with Crippen LogP contribution in [0.15, 0.2) is 36.4 Å². The maximum atomic E-state index is 12.2. The summed E-state index contributed by atoms with van der Waals surface area (Å²) in [6.07, 6.45) is 1.76. The number of carbonyl (C=O) groups excluding carboxylic acids is 1. The Morgan fingerprint density at radius 1 is 1.14 bits per heavy atom. The van der Waals surface area contributed by atoms with Crippen molar-refractivity contribution < 1.29 is 4.79 Å². The summed E-state index contributed by atoms with van der Waals surface area (Å²) in [6, 6.07) is 11.9. The molecule has 5 nitrogen and oxygen atoms in total. The summed E-state index contributed by atoms with van der Waals surface area (Å²) in [5, 5.41) is 14.0. The van der Waals surface area contributed by atoms with Crippen LogP contribution in [-0.2, 0) is 12.8 Å². The Morgan fingerprint density at radius 2 is 1.86 bits per heavy atom. The van der Waals surface area contributed by atoms with E-state index in [1.807, 2.05) is 19.1 Å². The van der Waals surface area contributed by atoms with Gasteiger partial charge in [0.05, 0.1) is 0 Å². The van der Waals surface area contributed by atoms with E-state index in [1.165, 1.54) is 11.1 Å². The topological polar surface area (TPSA) is 66.9 Å². The molecule has 5 heteroatoms. The van der Waals surface area contributed by atoms with Gasteiger partial charge in [0.2, 0.25) is 0 Å². The number of hydrogen-bond donors (Lipinski definition) is 2. The first-order chi connectivity index (χ1) is 10.3. The lowest BCUT2D eigenvalue weighted by Crippen LogP contribution is -2.35. The van der Waals surface area contributed by atoms with E-state index < -0.39 is 0 Å². The molecule has 1 aromatic carbocycles. The Kier molecular flexibility index (Phi) is 3.81. The summed E-state index contributed by atoms with van der Waals surface area (Å²) < 4.78 is 0. The second-order valence-electron chi connectivity index (χ2n) is 5.18. The van der Waals surface area contributed by atoms with Gasteiger partial charge in [0, 0.05) is 12.6 Å². The van der Waals surface area contributed by atoms with E-state index in [1.54, 1.807) is 12.1 Å². The maximum absolute atomic E-state index is 12.2. The minimum absolute atomic E-state index is 0.144. The van der Waals surface area contributed by atoms with Gasteiger partial charge in [0.25, 0.3) is 5.91 Å². The average molecular weight is 282 g/mol. The van der Waals surface area contributed by atoms with Gasteiger partial charge in [0.1, 0.15) is 5.82 Å². The number of nitrogens with one attached hydrogen (secondary N) is 2. The van der Waals surface area contributed by atoms with Crippen molar-refractivity contribution in [3.8, 4) is 0 Å². The molecule has 1 aromatic heterocycles. The standard InChI is InChI=1S/C16H18N4O/c1-2-17-15-8-7-14(19-20-15)16(21)18-13-9-11-5-3-4-6-12(11)10-13/h3-8,13H,2,9-10H2,1H3,(H,17,20)(H,18,21).